The lowest BCUT2D eigenvalue weighted by Crippen LogP contribution is -2.62. The molecule has 0 aromatic rings. The number of Topliss-reactive ketones (excluding diaryl/α,β-unsaturated/α-hetero) is 1. The minimum atomic E-state index is -0.768. The fraction of sp³-hybridized carbons (Fsp3) is 0.952. The van der Waals surface area contributed by atoms with E-state index in [4.69, 9.17) is 9.47 Å². The van der Waals surface area contributed by atoms with Crippen molar-refractivity contribution in [3.8, 4) is 0 Å². The zero-order valence-electron chi connectivity index (χ0n) is 15.6. The van der Waals surface area contributed by atoms with E-state index in [2.05, 4.69) is 13.8 Å². The lowest BCUT2D eigenvalue weighted by Gasteiger charge is -2.63. The smallest absolute Gasteiger partial charge is 0.135 e. The topological polar surface area (TPSA) is 55.8 Å². The van der Waals surface area contributed by atoms with Gasteiger partial charge in [0.1, 0.15) is 5.78 Å². The van der Waals surface area contributed by atoms with Crippen molar-refractivity contribution >= 4 is 5.78 Å². The first-order valence-electron chi connectivity index (χ1n) is 10.3. The maximum absolute atomic E-state index is 12.0. The molecule has 5 rings (SSSR count). The van der Waals surface area contributed by atoms with Crippen molar-refractivity contribution in [1.29, 1.82) is 0 Å². The first kappa shape index (κ1) is 16.7. The molecule has 1 saturated heterocycles. The third kappa shape index (κ3) is 2.08. The normalized spacial score (nSPS) is 58.0. The highest BCUT2D eigenvalue weighted by Crippen LogP contribution is 2.67. The van der Waals surface area contributed by atoms with E-state index in [0.717, 1.165) is 45.3 Å². The molecule has 25 heavy (non-hydrogen) atoms. The molecule has 4 nitrogen and oxygen atoms in total. The van der Waals surface area contributed by atoms with Gasteiger partial charge in [0, 0.05) is 18.3 Å². The number of ketones is 1. The lowest BCUT2D eigenvalue weighted by atomic mass is 9.43. The Hall–Kier alpha value is -0.450. The van der Waals surface area contributed by atoms with Crippen LogP contribution in [-0.2, 0) is 14.3 Å². The van der Waals surface area contributed by atoms with Crippen LogP contribution in [0.3, 0.4) is 0 Å². The summed E-state index contributed by atoms with van der Waals surface area (Å²) in [6, 6.07) is 0. The van der Waals surface area contributed by atoms with Gasteiger partial charge in [-0.1, -0.05) is 13.8 Å². The Labute approximate surface area is 150 Å². The number of rotatable bonds is 0. The number of carbonyl (C=O) groups excluding carboxylic acids is 1. The van der Waals surface area contributed by atoms with E-state index < -0.39 is 5.60 Å². The highest BCUT2D eigenvalue weighted by molar-refractivity contribution is 5.80. The van der Waals surface area contributed by atoms with Gasteiger partial charge in [0.2, 0.25) is 0 Å². The predicted molar refractivity (Wildman–Crippen MR) is 93.1 cm³/mol. The van der Waals surface area contributed by atoms with Gasteiger partial charge in [-0.3, -0.25) is 4.79 Å². The van der Waals surface area contributed by atoms with Crippen molar-refractivity contribution in [3.63, 3.8) is 0 Å². The van der Waals surface area contributed by atoms with Crippen LogP contribution >= 0.6 is 0 Å². The SMILES string of the molecule is C[C@]12CC[C@H]3[C@@H](CC[C@@]4(O)CC(=O)CC[C@]34C)[C@@H]1CC1OCCOC12. The van der Waals surface area contributed by atoms with E-state index in [0.29, 0.717) is 30.6 Å². The molecule has 1 aliphatic heterocycles. The van der Waals surface area contributed by atoms with Gasteiger partial charge >= 0.3 is 0 Å². The summed E-state index contributed by atoms with van der Waals surface area (Å²) in [6.07, 6.45) is 7.73. The first-order valence-corrected chi connectivity index (χ1v) is 10.3. The minimum absolute atomic E-state index is 0.0966. The molecule has 8 atom stereocenters. The molecular formula is C21H32O4. The second kappa shape index (κ2) is 5.30. The Balaban J connectivity index is 1.48. The number of aliphatic hydroxyl groups is 1. The third-order valence-corrected chi connectivity index (χ3v) is 9.25. The quantitative estimate of drug-likeness (QED) is 0.731. The second-order valence-electron chi connectivity index (χ2n) is 10.1. The molecule has 4 heteroatoms. The van der Waals surface area contributed by atoms with Gasteiger partial charge in [-0.2, -0.15) is 0 Å². The van der Waals surface area contributed by atoms with Crippen molar-refractivity contribution < 1.29 is 19.4 Å². The maximum atomic E-state index is 12.0. The standard InChI is InChI=1S/C21H32O4/c1-19-6-5-15-14(16(19)11-17-18(19)25-10-9-24-17)4-8-21(23)12-13(22)3-7-20(15,21)2/h14-18,23H,3-12H2,1-2H3/t14-,15+,16+,17?,18?,19+,20-,21-/m1/s1. The molecule has 2 unspecified atom stereocenters. The highest BCUT2D eigenvalue weighted by Gasteiger charge is 2.66. The van der Waals surface area contributed by atoms with Gasteiger partial charge in [-0.25, -0.2) is 0 Å². The third-order valence-electron chi connectivity index (χ3n) is 9.25. The number of carbonyl (C=O) groups is 1. The average molecular weight is 348 g/mol. The zero-order valence-corrected chi connectivity index (χ0v) is 15.6. The molecule has 1 N–H and O–H groups in total. The summed E-state index contributed by atoms with van der Waals surface area (Å²) in [5, 5.41) is 11.4. The van der Waals surface area contributed by atoms with Gasteiger partial charge in [0.05, 0.1) is 31.0 Å². The van der Waals surface area contributed by atoms with Crippen LogP contribution in [0.1, 0.15) is 65.2 Å². The summed E-state index contributed by atoms with van der Waals surface area (Å²) in [5.74, 6) is 2.08. The van der Waals surface area contributed by atoms with E-state index in [-0.39, 0.29) is 28.8 Å². The van der Waals surface area contributed by atoms with Crippen LogP contribution in [-0.4, -0.2) is 41.9 Å². The summed E-state index contributed by atoms with van der Waals surface area (Å²) in [5.41, 5.74) is -0.640. The van der Waals surface area contributed by atoms with Crippen molar-refractivity contribution in [2.75, 3.05) is 13.2 Å². The number of hydrogen-bond donors (Lipinski definition) is 1. The summed E-state index contributed by atoms with van der Waals surface area (Å²) in [7, 11) is 0. The molecule has 0 amide bonds. The van der Waals surface area contributed by atoms with Crippen LogP contribution < -0.4 is 0 Å². The average Bonchev–Trinajstić information content (AvgIpc) is 2.89. The molecule has 4 saturated carbocycles. The summed E-state index contributed by atoms with van der Waals surface area (Å²) in [4.78, 5) is 12.0. The Kier molecular flexibility index (Phi) is 3.54. The Bertz CT molecular complexity index is 590. The second-order valence-corrected chi connectivity index (χ2v) is 10.1. The minimum Gasteiger partial charge on any atom is -0.389 e. The molecule has 1 heterocycles. The largest absolute Gasteiger partial charge is 0.389 e. The van der Waals surface area contributed by atoms with Gasteiger partial charge in [0.15, 0.2) is 0 Å². The molecule has 5 aliphatic rings. The van der Waals surface area contributed by atoms with E-state index in [1.165, 1.54) is 6.42 Å². The van der Waals surface area contributed by atoms with E-state index >= 15 is 0 Å². The Morgan fingerprint density at radius 3 is 2.68 bits per heavy atom. The van der Waals surface area contributed by atoms with Crippen LogP contribution in [0.4, 0.5) is 0 Å². The van der Waals surface area contributed by atoms with E-state index in [1.807, 2.05) is 0 Å². The monoisotopic (exact) mass is 348 g/mol. The molecule has 5 fully saturated rings. The molecule has 140 valence electrons. The van der Waals surface area contributed by atoms with Gasteiger partial charge < -0.3 is 14.6 Å². The van der Waals surface area contributed by atoms with Crippen LogP contribution in [0.2, 0.25) is 0 Å². The van der Waals surface area contributed by atoms with Crippen molar-refractivity contribution in [1.82, 2.24) is 0 Å². The first-order chi connectivity index (χ1) is 11.9. The molecule has 0 radical (unpaired) electrons. The highest BCUT2D eigenvalue weighted by atomic mass is 16.6. The molecule has 0 spiro atoms. The Morgan fingerprint density at radius 2 is 1.84 bits per heavy atom. The molecule has 0 aromatic carbocycles. The van der Waals surface area contributed by atoms with Gasteiger partial charge in [0.25, 0.3) is 0 Å². The molecular weight excluding hydrogens is 316 g/mol. The fourth-order valence-electron chi connectivity index (χ4n) is 7.81. The van der Waals surface area contributed by atoms with Crippen LogP contribution in [0.15, 0.2) is 0 Å². The predicted octanol–water partition coefficient (Wildman–Crippen LogP) is 3.11. The number of fused-ring (bicyclic) bond motifs is 7. The van der Waals surface area contributed by atoms with Gasteiger partial charge in [-0.15, -0.1) is 0 Å². The Morgan fingerprint density at radius 1 is 1.04 bits per heavy atom. The van der Waals surface area contributed by atoms with Crippen LogP contribution in [0.5, 0.6) is 0 Å². The fourth-order valence-corrected chi connectivity index (χ4v) is 7.81. The maximum Gasteiger partial charge on any atom is 0.135 e. The summed E-state index contributed by atoms with van der Waals surface area (Å²) < 4.78 is 12.3. The lowest BCUT2D eigenvalue weighted by molar-refractivity contribution is -0.211. The van der Waals surface area contributed by atoms with E-state index in [1.54, 1.807) is 0 Å². The van der Waals surface area contributed by atoms with Crippen LogP contribution in [0.25, 0.3) is 0 Å². The summed E-state index contributed by atoms with van der Waals surface area (Å²) in [6.45, 7) is 6.18. The van der Waals surface area contributed by atoms with Crippen molar-refractivity contribution in [2.24, 2.45) is 28.6 Å². The van der Waals surface area contributed by atoms with Crippen molar-refractivity contribution in [3.05, 3.63) is 0 Å². The summed E-state index contributed by atoms with van der Waals surface area (Å²) >= 11 is 0. The zero-order chi connectivity index (χ0) is 17.4. The molecule has 0 bridgehead atoms. The molecule has 0 aromatic heterocycles. The number of ether oxygens (including phenoxy) is 2. The number of hydrogen-bond acceptors (Lipinski definition) is 4. The van der Waals surface area contributed by atoms with Gasteiger partial charge in [-0.05, 0) is 61.7 Å². The van der Waals surface area contributed by atoms with Crippen molar-refractivity contribution in [2.45, 2.75) is 83.0 Å². The molecule has 4 aliphatic carbocycles. The van der Waals surface area contributed by atoms with E-state index in [9.17, 15) is 9.90 Å². The van der Waals surface area contributed by atoms with Crippen LogP contribution in [0, 0.1) is 28.6 Å².